The van der Waals surface area contributed by atoms with Gasteiger partial charge in [-0.1, -0.05) is 6.92 Å². The minimum atomic E-state index is -0.505. The fourth-order valence-corrected chi connectivity index (χ4v) is 3.86. The van der Waals surface area contributed by atoms with Gasteiger partial charge in [0.05, 0.1) is 20.5 Å². The van der Waals surface area contributed by atoms with Gasteiger partial charge in [-0.3, -0.25) is 0 Å². The molecule has 140 valence electrons. The molecule has 0 aromatic carbocycles. The molecule has 0 aliphatic carbocycles. The van der Waals surface area contributed by atoms with Gasteiger partial charge in [-0.25, -0.2) is 19.7 Å². The van der Waals surface area contributed by atoms with E-state index in [1.165, 1.54) is 0 Å². The number of nitrogens with one attached hydrogen (secondary N) is 1. The normalized spacial score (nSPS) is 20.9. The van der Waals surface area contributed by atoms with Crippen molar-refractivity contribution in [3.05, 3.63) is 22.3 Å². The first-order valence-electron chi connectivity index (χ1n) is 8.71. The molecule has 3 rings (SSSR count). The Kier molecular flexibility index (Phi) is 5.50. The molecule has 1 saturated heterocycles. The van der Waals surface area contributed by atoms with Crippen molar-refractivity contribution in [1.82, 2.24) is 20.3 Å². The summed E-state index contributed by atoms with van der Waals surface area (Å²) in [4.78, 5) is 27.5. The molecule has 2 atom stereocenters. The summed E-state index contributed by atoms with van der Waals surface area (Å²) in [5.74, 6) is 1.29. The van der Waals surface area contributed by atoms with Gasteiger partial charge in [0.25, 0.3) is 0 Å². The minimum Gasteiger partial charge on any atom is -0.444 e. The lowest BCUT2D eigenvalue weighted by atomic mass is 9.96. The topological polar surface area (TPSA) is 80.2 Å². The van der Waals surface area contributed by atoms with E-state index in [9.17, 15) is 4.79 Å². The Morgan fingerprint density at radius 1 is 1.31 bits per heavy atom. The van der Waals surface area contributed by atoms with E-state index in [1.807, 2.05) is 33.2 Å². The van der Waals surface area contributed by atoms with Crippen molar-refractivity contribution < 1.29 is 9.53 Å². The standard InChI is InChI=1S/C18H24IN5O2/c1-11-5-12(23-17(25)26-18(2,3)4)9-24(8-11)16-13-6-20-10-22-15(13)14(19)7-21-16/h6-7,10-12H,5,8-9H2,1-4H3,(H,23,25)/t11-,12+/m0/s1. The Morgan fingerprint density at radius 3 is 2.81 bits per heavy atom. The fourth-order valence-electron chi connectivity index (χ4n) is 3.29. The zero-order valence-corrected chi connectivity index (χ0v) is 17.6. The first-order valence-corrected chi connectivity index (χ1v) is 9.79. The number of carbonyl (C=O) groups excluding carboxylic acids is 1. The quantitative estimate of drug-likeness (QED) is 0.680. The van der Waals surface area contributed by atoms with Crippen LogP contribution in [0, 0.1) is 9.49 Å². The number of hydrogen-bond donors (Lipinski definition) is 1. The molecule has 1 fully saturated rings. The van der Waals surface area contributed by atoms with Crippen molar-refractivity contribution >= 4 is 45.4 Å². The lowest BCUT2D eigenvalue weighted by molar-refractivity contribution is 0.0495. The van der Waals surface area contributed by atoms with Gasteiger partial charge in [-0.15, -0.1) is 0 Å². The van der Waals surface area contributed by atoms with Crippen LogP contribution in [0.4, 0.5) is 10.6 Å². The van der Waals surface area contributed by atoms with Crippen molar-refractivity contribution in [1.29, 1.82) is 0 Å². The fraction of sp³-hybridized carbons (Fsp3) is 0.556. The predicted octanol–water partition coefficient (Wildman–Crippen LogP) is 3.37. The number of hydrogen-bond acceptors (Lipinski definition) is 6. The maximum absolute atomic E-state index is 12.1. The molecule has 1 aliphatic rings. The Hall–Kier alpha value is -1.71. The first-order chi connectivity index (χ1) is 12.2. The molecule has 26 heavy (non-hydrogen) atoms. The Bertz CT molecular complexity index is 808. The molecule has 3 heterocycles. The molecule has 2 aromatic heterocycles. The lowest BCUT2D eigenvalue weighted by Gasteiger charge is -2.38. The molecule has 1 aliphatic heterocycles. The number of anilines is 1. The SMILES string of the molecule is C[C@H]1C[C@@H](NC(=O)OC(C)(C)C)CN(c2ncc(I)c3ncncc23)C1. The van der Waals surface area contributed by atoms with Crippen LogP contribution in [0.1, 0.15) is 34.1 Å². The number of aromatic nitrogens is 3. The molecule has 0 bridgehead atoms. The Balaban J connectivity index is 1.81. The summed E-state index contributed by atoms with van der Waals surface area (Å²) >= 11 is 2.24. The number of rotatable bonds is 2. The Morgan fingerprint density at radius 2 is 2.08 bits per heavy atom. The minimum absolute atomic E-state index is 0.00867. The molecule has 8 heteroatoms. The van der Waals surface area contributed by atoms with Crippen molar-refractivity contribution in [2.45, 2.75) is 45.8 Å². The van der Waals surface area contributed by atoms with Crippen LogP contribution in [0.15, 0.2) is 18.7 Å². The number of ether oxygens (including phenoxy) is 1. The molecular weight excluding hydrogens is 445 g/mol. The van der Waals surface area contributed by atoms with Crippen LogP contribution in [0.5, 0.6) is 0 Å². The highest BCUT2D eigenvalue weighted by Gasteiger charge is 2.29. The third-order valence-electron chi connectivity index (χ3n) is 4.16. The van der Waals surface area contributed by atoms with E-state index < -0.39 is 5.60 Å². The van der Waals surface area contributed by atoms with Gasteiger partial charge in [0, 0.05) is 25.5 Å². The van der Waals surface area contributed by atoms with Crippen molar-refractivity contribution in [3.63, 3.8) is 0 Å². The summed E-state index contributed by atoms with van der Waals surface area (Å²) in [6.07, 6.45) is 5.73. The average molecular weight is 469 g/mol. The highest BCUT2D eigenvalue weighted by atomic mass is 127. The maximum atomic E-state index is 12.1. The van der Waals surface area contributed by atoms with Crippen LogP contribution >= 0.6 is 22.6 Å². The monoisotopic (exact) mass is 469 g/mol. The highest BCUT2D eigenvalue weighted by Crippen LogP contribution is 2.29. The summed E-state index contributed by atoms with van der Waals surface area (Å²) in [5, 5.41) is 3.94. The van der Waals surface area contributed by atoms with E-state index in [0.717, 1.165) is 33.3 Å². The van der Waals surface area contributed by atoms with Crippen LogP contribution in [0.2, 0.25) is 0 Å². The molecule has 1 amide bonds. The molecule has 7 nitrogen and oxygen atoms in total. The maximum Gasteiger partial charge on any atom is 0.407 e. The van der Waals surface area contributed by atoms with Crippen LogP contribution in [-0.2, 0) is 4.74 Å². The summed E-state index contributed by atoms with van der Waals surface area (Å²) in [6.45, 7) is 9.34. The van der Waals surface area contributed by atoms with Crippen LogP contribution in [-0.4, -0.2) is 45.8 Å². The van der Waals surface area contributed by atoms with Gasteiger partial charge in [-0.2, -0.15) is 0 Å². The summed E-state index contributed by atoms with van der Waals surface area (Å²) < 4.78 is 6.39. The molecule has 0 spiro atoms. The molecule has 2 aromatic rings. The van der Waals surface area contributed by atoms with Gasteiger partial charge in [-0.05, 0) is 55.7 Å². The molecule has 0 saturated carbocycles. The van der Waals surface area contributed by atoms with E-state index in [2.05, 4.69) is 54.7 Å². The smallest absolute Gasteiger partial charge is 0.407 e. The van der Waals surface area contributed by atoms with E-state index in [-0.39, 0.29) is 12.1 Å². The Labute approximate surface area is 167 Å². The van der Waals surface area contributed by atoms with Crippen LogP contribution in [0.3, 0.4) is 0 Å². The van der Waals surface area contributed by atoms with Crippen LogP contribution < -0.4 is 10.2 Å². The highest BCUT2D eigenvalue weighted by molar-refractivity contribution is 14.1. The number of amides is 1. The van der Waals surface area contributed by atoms with Crippen molar-refractivity contribution in [2.24, 2.45) is 5.92 Å². The zero-order chi connectivity index (χ0) is 18.9. The third-order valence-corrected chi connectivity index (χ3v) is 4.95. The molecular formula is C18H24IN5O2. The first kappa shape index (κ1) is 19.1. The molecule has 0 unspecified atom stereocenters. The summed E-state index contributed by atoms with van der Waals surface area (Å²) in [5.41, 5.74) is 0.399. The van der Waals surface area contributed by atoms with E-state index in [0.29, 0.717) is 12.5 Å². The molecule has 0 radical (unpaired) electrons. The predicted molar refractivity (Wildman–Crippen MR) is 109 cm³/mol. The van der Waals surface area contributed by atoms with Crippen molar-refractivity contribution in [3.8, 4) is 0 Å². The van der Waals surface area contributed by atoms with Crippen molar-refractivity contribution in [2.75, 3.05) is 18.0 Å². The lowest BCUT2D eigenvalue weighted by Crippen LogP contribution is -2.51. The second-order valence-corrected chi connectivity index (χ2v) is 8.97. The van der Waals surface area contributed by atoms with Gasteiger partial charge in [0.15, 0.2) is 0 Å². The number of piperidine rings is 1. The summed E-state index contributed by atoms with van der Waals surface area (Å²) in [6, 6.07) is 0.00867. The van der Waals surface area contributed by atoms with Gasteiger partial charge in [0.2, 0.25) is 0 Å². The number of carbonyl (C=O) groups is 1. The largest absolute Gasteiger partial charge is 0.444 e. The van der Waals surface area contributed by atoms with Gasteiger partial charge >= 0.3 is 6.09 Å². The zero-order valence-electron chi connectivity index (χ0n) is 15.5. The second-order valence-electron chi connectivity index (χ2n) is 7.80. The van der Waals surface area contributed by atoms with E-state index >= 15 is 0 Å². The van der Waals surface area contributed by atoms with E-state index in [4.69, 9.17) is 4.74 Å². The second kappa shape index (κ2) is 7.50. The molecule has 1 N–H and O–H groups in total. The van der Waals surface area contributed by atoms with Crippen LogP contribution in [0.25, 0.3) is 10.9 Å². The summed E-state index contributed by atoms with van der Waals surface area (Å²) in [7, 11) is 0. The average Bonchev–Trinajstić information content (AvgIpc) is 2.53. The number of pyridine rings is 1. The number of halogens is 1. The number of fused-ring (bicyclic) bond motifs is 1. The number of alkyl carbamates (subject to hydrolysis) is 1. The van der Waals surface area contributed by atoms with Gasteiger partial charge < -0.3 is 15.0 Å². The van der Waals surface area contributed by atoms with Gasteiger partial charge in [0.1, 0.15) is 17.7 Å². The number of nitrogens with zero attached hydrogens (tertiary/aromatic N) is 4. The third kappa shape index (κ3) is 4.52. The van der Waals surface area contributed by atoms with E-state index in [1.54, 1.807) is 6.33 Å².